The molecular weight excluding hydrogens is 168 g/mol. The summed E-state index contributed by atoms with van der Waals surface area (Å²) in [5, 5.41) is 14.8. The highest BCUT2D eigenvalue weighted by molar-refractivity contribution is 5.82. The lowest BCUT2D eigenvalue weighted by Gasteiger charge is -2.17. The molecule has 1 amide bonds. The van der Waals surface area contributed by atoms with Crippen LogP contribution in [-0.4, -0.2) is 36.2 Å². The summed E-state index contributed by atoms with van der Waals surface area (Å²) in [6, 6.07) is -0.129. The molecule has 0 radical (unpaired) electrons. The molecule has 2 atom stereocenters. The minimum Gasteiger partial charge on any atom is -0.394 e. The van der Waals surface area contributed by atoms with E-state index in [-0.39, 0.29) is 24.6 Å². The molecule has 0 aliphatic carbocycles. The number of aliphatic hydroxyl groups excluding tert-OH is 1. The Labute approximate surface area is 78.7 Å². The molecule has 0 unspecified atom stereocenters. The standard InChI is InChI=1S/C9H18N2O2/c1-2-7(6-12)11-9(13)8-4-3-5-10-8/h7-8,10,12H,2-6H2,1H3,(H,11,13)/t7-,8-/m0/s1. The quantitative estimate of drug-likeness (QED) is 0.561. The summed E-state index contributed by atoms with van der Waals surface area (Å²) >= 11 is 0. The molecule has 1 saturated heterocycles. The van der Waals surface area contributed by atoms with E-state index in [9.17, 15) is 4.79 Å². The summed E-state index contributed by atoms with van der Waals surface area (Å²) < 4.78 is 0. The topological polar surface area (TPSA) is 61.4 Å². The summed E-state index contributed by atoms with van der Waals surface area (Å²) in [4.78, 5) is 11.5. The van der Waals surface area contributed by atoms with E-state index in [1.807, 2.05) is 6.92 Å². The largest absolute Gasteiger partial charge is 0.394 e. The van der Waals surface area contributed by atoms with Gasteiger partial charge in [-0.1, -0.05) is 6.92 Å². The van der Waals surface area contributed by atoms with Crippen LogP contribution in [0.3, 0.4) is 0 Å². The molecule has 1 aliphatic heterocycles. The fraction of sp³-hybridized carbons (Fsp3) is 0.889. The van der Waals surface area contributed by atoms with E-state index in [0.29, 0.717) is 0 Å². The van der Waals surface area contributed by atoms with Crippen molar-refractivity contribution < 1.29 is 9.90 Å². The maximum atomic E-state index is 11.5. The van der Waals surface area contributed by atoms with E-state index in [1.165, 1.54) is 0 Å². The predicted molar refractivity (Wildman–Crippen MR) is 50.3 cm³/mol. The van der Waals surface area contributed by atoms with Gasteiger partial charge in [-0.3, -0.25) is 4.79 Å². The first-order chi connectivity index (χ1) is 6.27. The van der Waals surface area contributed by atoms with Gasteiger partial charge in [-0.25, -0.2) is 0 Å². The first-order valence-electron chi connectivity index (χ1n) is 4.92. The van der Waals surface area contributed by atoms with Crippen LogP contribution in [0.2, 0.25) is 0 Å². The van der Waals surface area contributed by atoms with Crippen LogP contribution in [0, 0.1) is 0 Å². The first kappa shape index (κ1) is 10.5. The molecule has 0 spiro atoms. The third kappa shape index (κ3) is 2.97. The highest BCUT2D eigenvalue weighted by atomic mass is 16.3. The molecule has 4 nitrogen and oxygen atoms in total. The summed E-state index contributed by atoms with van der Waals surface area (Å²) in [5.74, 6) is 0.0263. The van der Waals surface area contributed by atoms with Crippen molar-refractivity contribution >= 4 is 5.91 Å². The second-order valence-electron chi connectivity index (χ2n) is 3.45. The molecule has 0 saturated carbocycles. The molecule has 0 aromatic heterocycles. The predicted octanol–water partition coefficient (Wildman–Crippen LogP) is -0.374. The molecule has 76 valence electrons. The minimum absolute atomic E-state index is 0.0228. The van der Waals surface area contributed by atoms with Crippen molar-refractivity contribution in [3.63, 3.8) is 0 Å². The fourth-order valence-electron chi connectivity index (χ4n) is 1.49. The number of nitrogens with one attached hydrogen (secondary N) is 2. The zero-order valence-electron chi connectivity index (χ0n) is 8.05. The lowest BCUT2D eigenvalue weighted by atomic mass is 10.2. The third-order valence-electron chi connectivity index (χ3n) is 2.44. The van der Waals surface area contributed by atoms with E-state index >= 15 is 0 Å². The Kier molecular flexibility index (Phi) is 4.18. The van der Waals surface area contributed by atoms with Gasteiger partial charge in [-0.05, 0) is 25.8 Å². The Morgan fingerprint density at radius 3 is 3.00 bits per heavy atom. The Morgan fingerprint density at radius 2 is 2.54 bits per heavy atom. The van der Waals surface area contributed by atoms with Crippen LogP contribution >= 0.6 is 0 Å². The first-order valence-corrected chi connectivity index (χ1v) is 4.92. The maximum absolute atomic E-state index is 11.5. The lowest BCUT2D eigenvalue weighted by Crippen LogP contribution is -2.46. The normalized spacial score (nSPS) is 24.3. The second-order valence-corrected chi connectivity index (χ2v) is 3.45. The van der Waals surface area contributed by atoms with Gasteiger partial charge in [0.2, 0.25) is 5.91 Å². The van der Waals surface area contributed by atoms with Gasteiger partial charge < -0.3 is 15.7 Å². The average molecular weight is 186 g/mol. The monoisotopic (exact) mass is 186 g/mol. The van der Waals surface area contributed by atoms with Crippen molar-refractivity contribution in [3.8, 4) is 0 Å². The summed E-state index contributed by atoms with van der Waals surface area (Å²) in [7, 11) is 0. The van der Waals surface area contributed by atoms with Crippen LogP contribution in [0.15, 0.2) is 0 Å². The van der Waals surface area contributed by atoms with Crippen LogP contribution in [-0.2, 0) is 4.79 Å². The zero-order chi connectivity index (χ0) is 9.68. The molecule has 1 fully saturated rings. The fourth-order valence-corrected chi connectivity index (χ4v) is 1.49. The second kappa shape index (κ2) is 5.19. The number of carbonyl (C=O) groups is 1. The molecule has 3 N–H and O–H groups in total. The van der Waals surface area contributed by atoms with E-state index in [1.54, 1.807) is 0 Å². The van der Waals surface area contributed by atoms with Crippen LogP contribution in [0.5, 0.6) is 0 Å². The van der Waals surface area contributed by atoms with Crippen molar-refractivity contribution in [1.82, 2.24) is 10.6 Å². The molecule has 4 heteroatoms. The highest BCUT2D eigenvalue weighted by Crippen LogP contribution is 2.05. The summed E-state index contributed by atoms with van der Waals surface area (Å²) in [6.07, 6.45) is 2.75. The molecule has 0 aromatic carbocycles. The number of hydrogen-bond acceptors (Lipinski definition) is 3. The zero-order valence-corrected chi connectivity index (χ0v) is 8.05. The maximum Gasteiger partial charge on any atom is 0.237 e. The number of rotatable bonds is 4. The Hall–Kier alpha value is -0.610. The van der Waals surface area contributed by atoms with Gasteiger partial charge in [0.1, 0.15) is 0 Å². The summed E-state index contributed by atoms with van der Waals surface area (Å²) in [6.45, 7) is 2.90. The van der Waals surface area contributed by atoms with E-state index < -0.39 is 0 Å². The molecule has 13 heavy (non-hydrogen) atoms. The van der Waals surface area contributed by atoms with Crippen LogP contribution < -0.4 is 10.6 Å². The highest BCUT2D eigenvalue weighted by Gasteiger charge is 2.23. The lowest BCUT2D eigenvalue weighted by molar-refractivity contribution is -0.123. The van der Waals surface area contributed by atoms with E-state index in [4.69, 9.17) is 5.11 Å². The molecule has 0 aromatic rings. The number of aliphatic hydroxyl groups is 1. The number of hydrogen-bond donors (Lipinski definition) is 3. The Morgan fingerprint density at radius 1 is 1.77 bits per heavy atom. The van der Waals surface area contributed by atoms with Gasteiger partial charge in [-0.2, -0.15) is 0 Å². The van der Waals surface area contributed by atoms with Gasteiger partial charge in [0, 0.05) is 0 Å². The summed E-state index contributed by atoms with van der Waals surface area (Å²) in [5.41, 5.74) is 0. The minimum atomic E-state index is -0.0881. The molecule has 1 heterocycles. The smallest absolute Gasteiger partial charge is 0.237 e. The van der Waals surface area contributed by atoms with Gasteiger partial charge in [0.25, 0.3) is 0 Å². The average Bonchev–Trinajstić information content (AvgIpc) is 2.66. The van der Waals surface area contributed by atoms with Gasteiger partial charge in [0.15, 0.2) is 0 Å². The van der Waals surface area contributed by atoms with Crippen molar-refractivity contribution in [2.24, 2.45) is 0 Å². The van der Waals surface area contributed by atoms with Crippen molar-refractivity contribution in [3.05, 3.63) is 0 Å². The van der Waals surface area contributed by atoms with Crippen molar-refractivity contribution in [2.75, 3.05) is 13.2 Å². The number of carbonyl (C=O) groups excluding carboxylic acids is 1. The Bertz CT molecular complexity index is 163. The van der Waals surface area contributed by atoms with Crippen molar-refractivity contribution in [1.29, 1.82) is 0 Å². The van der Waals surface area contributed by atoms with E-state index in [2.05, 4.69) is 10.6 Å². The van der Waals surface area contributed by atoms with Crippen LogP contribution in [0.4, 0.5) is 0 Å². The molecule has 0 bridgehead atoms. The molecule has 1 rings (SSSR count). The van der Waals surface area contributed by atoms with Gasteiger partial charge >= 0.3 is 0 Å². The third-order valence-corrected chi connectivity index (χ3v) is 2.44. The van der Waals surface area contributed by atoms with Gasteiger partial charge in [-0.15, -0.1) is 0 Å². The van der Waals surface area contributed by atoms with Crippen molar-refractivity contribution in [2.45, 2.75) is 38.3 Å². The number of amides is 1. The van der Waals surface area contributed by atoms with Crippen LogP contribution in [0.25, 0.3) is 0 Å². The van der Waals surface area contributed by atoms with Crippen LogP contribution in [0.1, 0.15) is 26.2 Å². The molecule has 1 aliphatic rings. The Balaban J connectivity index is 2.30. The molecular formula is C9H18N2O2. The van der Waals surface area contributed by atoms with Gasteiger partial charge in [0.05, 0.1) is 18.7 Å². The van der Waals surface area contributed by atoms with E-state index in [0.717, 1.165) is 25.8 Å². The SMILES string of the molecule is CC[C@@H](CO)NC(=O)[C@@H]1CCCN1.